The fraction of sp³-hybridized carbons (Fsp3) is 0.348. The molecule has 4 nitrogen and oxygen atoms in total. The number of Topliss-reactive ketones (excluding diaryl/α,β-unsaturated/α-hetero) is 1. The number of aromatic amines is 1. The maximum atomic E-state index is 12.4. The van der Waals surface area contributed by atoms with E-state index in [0.717, 1.165) is 28.6 Å². The lowest BCUT2D eigenvalue weighted by atomic mass is 9.77. The molecular weight excluding hydrogens is 334 g/mol. The van der Waals surface area contributed by atoms with E-state index in [1.54, 1.807) is 6.92 Å². The molecule has 1 aliphatic rings. The first-order valence-corrected chi connectivity index (χ1v) is 9.58. The van der Waals surface area contributed by atoms with E-state index in [-0.39, 0.29) is 11.7 Å². The molecule has 1 aromatic heterocycles. The third kappa shape index (κ3) is 3.15. The van der Waals surface area contributed by atoms with Gasteiger partial charge in [-0.15, -0.1) is 0 Å². The molecule has 0 spiro atoms. The van der Waals surface area contributed by atoms with Crippen LogP contribution in [0.15, 0.2) is 48.7 Å². The molecule has 2 N–H and O–H groups in total. The van der Waals surface area contributed by atoms with Gasteiger partial charge in [0.25, 0.3) is 0 Å². The maximum Gasteiger partial charge on any atom is 0.160 e. The van der Waals surface area contributed by atoms with Gasteiger partial charge in [0.05, 0.1) is 0 Å². The van der Waals surface area contributed by atoms with Crippen LogP contribution < -0.4 is 5.32 Å². The molecule has 0 fully saturated rings. The topological polar surface area (TPSA) is 48.1 Å². The van der Waals surface area contributed by atoms with Gasteiger partial charge in [0.1, 0.15) is 0 Å². The largest absolute Gasteiger partial charge is 0.380 e. The van der Waals surface area contributed by atoms with Crippen molar-refractivity contribution in [1.29, 1.82) is 0 Å². The van der Waals surface area contributed by atoms with Crippen molar-refractivity contribution >= 4 is 22.4 Å². The summed E-state index contributed by atoms with van der Waals surface area (Å²) in [5.74, 6) is 0.662. The number of hydrogen-bond donors (Lipinski definition) is 2. The van der Waals surface area contributed by atoms with Gasteiger partial charge in [-0.1, -0.05) is 25.1 Å². The number of anilines is 1. The van der Waals surface area contributed by atoms with Gasteiger partial charge in [-0.25, -0.2) is 0 Å². The second-order valence-corrected chi connectivity index (χ2v) is 7.98. The summed E-state index contributed by atoms with van der Waals surface area (Å²) in [6, 6.07) is 15.1. The molecule has 27 heavy (non-hydrogen) atoms. The molecule has 0 aliphatic carbocycles. The lowest BCUT2D eigenvalue weighted by Gasteiger charge is -2.30. The Bertz CT molecular complexity index is 988. The SMILES string of the molecule is CC(=O)c1cc2cc[nH]c2cc1C(C)C1c2ccccc2NC1CN(C)C. The van der Waals surface area contributed by atoms with Crippen molar-refractivity contribution in [2.24, 2.45) is 0 Å². The van der Waals surface area contributed by atoms with Gasteiger partial charge in [0.15, 0.2) is 5.78 Å². The van der Waals surface area contributed by atoms with Crippen molar-refractivity contribution in [1.82, 2.24) is 9.88 Å². The highest BCUT2D eigenvalue weighted by atomic mass is 16.1. The average Bonchev–Trinajstić information content (AvgIpc) is 3.22. The quantitative estimate of drug-likeness (QED) is 0.652. The van der Waals surface area contributed by atoms with Gasteiger partial charge >= 0.3 is 0 Å². The summed E-state index contributed by atoms with van der Waals surface area (Å²) in [6.45, 7) is 4.87. The molecule has 1 aliphatic heterocycles. The van der Waals surface area contributed by atoms with Crippen molar-refractivity contribution in [3.05, 3.63) is 65.4 Å². The van der Waals surface area contributed by atoms with Crippen molar-refractivity contribution in [2.45, 2.75) is 31.7 Å². The lowest BCUT2D eigenvalue weighted by molar-refractivity contribution is 0.101. The van der Waals surface area contributed by atoms with Gasteiger partial charge in [-0.2, -0.15) is 0 Å². The third-order valence-electron chi connectivity index (χ3n) is 5.79. The molecular formula is C23H27N3O. The molecule has 3 aromatic rings. The summed E-state index contributed by atoms with van der Waals surface area (Å²) in [5, 5.41) is 4.80. The predicted octanol–water partition coefficient (Wildman–Crippen LogP) is 4.61. The number of nitrogens with zero attached hydrogens (tertiary/aromatic N) is 1. The third-order valence-corrected chi connectivity index (χ3v) is 5.79. The van der Waals surface area contributed by atoms with Crippen LogP contribution in [0.3, 0.4) is 0 Å². The Morgan fingerprint density at radius 1 is 1.19 bits per heavy atom. The predicted molar refractivity (Wildman–Crippen MR) is 112 cm³/mol. The Hall–Kier alpha value is -2.59. The number of fused-ring (bicyclic) bond motifs is 2. The molecule has 0 amide bonds. The van der Waals surface area contributed by atoms with Crippen LogP contribution in [-0.4, -0.2) is 42.3 Å². The first-order chi connectivity index (χ1) is 13.0. The number of para-hydroxylation sites is 1. The van der Waals surface area contributed by atoms with Crippen molar-refractivity contribution in [2.75, 3.05) is 26.0 Å². The zero-order valence-electron chi connectivity index (χ0n) is 16.4. The van der Waals surface area contributed by atoms with Gasteiger partial charge in [-0.05, 0) is 62.3 Å². The Balaban J connectivity index is 1.82. The Kier molecular flexibility index (Phi) is 4.52. The van der Waals surface area contributed by atoms with Crippen molar-refractivity contribution in [3.63, 3.8) is 0 Å². The summed E-state index contributed by atoms with van der Waals surface area (Å²) >= 11 is 0. The number of likely N-dealkylation sites (N-methyl/N-ethyl adjacent to an activating group) is 1. The number of rotatable bonds is 5. The van der Waals surface area contributed by atoms with E-state index in [1.807, 2.05) is 18.3 Å². The highest BCUT2D eigenvalue weighted by molar-refractivity contribution is 6.00. The maximum absolute atomic E-state index is 12.4. The first-order valence-electron chi connectivity index (χ1n) is 9.58. The van der Waals surface area contributed by atoms with Crippen LogP contribution >= 0.6 is 0 Å². The summed E-state index contributed by atoms with van der Waals surface area (Å²) in [6.07, 6.45) is 1.93. The molecule has 0 saturated heterocycles. The smallest absolute Gasteiger partial charge is 0.160 e. The molecule has 2 heterocycles. The summed E-state index contributed by atoms with van der Waals surface area (Å²) in [4.78, 5) is 17.9. The number of aromatic nitrogens is 1. The van der Waals surface area contributed by atoms with Gasteiger partial charge < -0.3 is 15.2 Å². The van der Waals surface area contributed by atoms with Crippen LogP contribution in [0.25, 0.3) is 10.9 Å². The Morgan fingerprint density at radius 3 is 2.70 bits per heavy atom. The average molecular weight is 361 g/mol. The molecule has 2 aromatic carbocycles. The lowest BCUT2D eigenvalue weighted by Crippen LogP contribution is -2.35. The van der Waals surface area contributed by atoms with Crippen LogP contribution in [0.5, 0.6) is 0 Å². The van der Waals surface area contributed by atoms with E-state index < -0.39 is 0 Å². The molecule has 4 heteroatoms. The molecule has 0 bridgehead atoms. The Morgan fingerprint density at radius 2 is 1.96 bits per heavy atom. The van der Waals surface area contributed by atoms with Crippen LogP contribution in [0, 0.1) is 0 Å². The summed E-state index contributed by atoms with van der Waals surface area (Å²) in [5.41, 5.74) is 5.61. The number of H-pyrrole nitrogens is 1. The summed E-state index contributed by atoms with van der Waals surface area (Å²) < 4.78 is 0. The van der Waals surface area contributed by atoms with Crippen molar-refractivity contribution in [3.8, 4) is 0 Å². The summed E-state index contributed by atoms with van der Waals surface area (Å²) in [7, 11) is 4.22. The minimum atomic E-state index is 0.128. The fourth-order valence-electron chi connectivity index (χ4n) is 4.59. The second-order valence-electron chi connectivity index (χ2n) is 7.98. The number of hydrogen-bond acceptors (Lipinski definition) is 3. The molecule has 140 valence electrons. The van der Waals surface area contributed by atoms with E-state index in [9.17, 15) is 4.79 Å². The number of carbonyl (C=O) groups is 1. The number of ketones is 1. The molecule has 3 atom stereocenters. The standard InChI is InChI=1S/C23H27N3O/c1-14(18-12-21-16(9-10-24-21)11-19(18)15(2)27)23-17-7-5-6-8-20(17)25-22(23)13-26(3)4/h5-12,14,22-25H,13H2,1-4H3. The molecule has 0 saturated carbocycles. The molecule has 0 radical (unpaired) electrons. The number of benzene rings is 2. The first kappa shape index (κ1) is 17.8. The van der Waals surface area contributed by atoms with Crippen molar-refractivity contribution < 1.29 is 4.79 Å². The highest BCUT2D eigenvalue weighted by Crippen LogP contribution is 2.45. The number of carbonyl (C=O) groups excluding carboxylic acids is 1. The van der Waals surface area contributed by atoms with Gasteiger partial charge in [-0.3, -0.25) is 4.79 Å². The van der Waals surface area contributed by atoms with E-state index in [0.29, 0.717) is 12.0 Å². The van der Waals surface area contributed by atoms with Crippen LogP contribution in [0.4, 0.5) is 5.69 Å². The van der Waals surface area contributed by atoms with Crippen LogP contribution in [-0.2, 0) is 0 Å². The normalized spacial score (nSPS) is 19.9. The minimum Gasteiger partial charge on any atom is -0.380 e. The monoisotopic (exact) mass is 361 g/mol. The zero-order chi connectivity index (χ0) is 19.1. The second kappa shape index (κ2) is 6.86. The van der Waals surface area contributed by atoms with E-state index >= 15 is 0 Å². The van der Waals surface area contributed by atoms with Gasteiger partial charge in [0.2, 0.25) is 0 Å². The van der Waals surface area contributed by atoms with Crippen LogP contribution in [0.2, 0.25) is 0 Å². The number of nitrogens with one attached hydrogen (secondary N) is 2. The highest BCUT2D eigenvalue weighted by Gasteiger charge is 2.37. The van der Waals surface area contributed by atoms with E-state index in [2.05, 4.69) is 66.6 Å². The van der Waals surface area contributed by atoms with Gasteiger partial charge in [0, 0.05) is 46.9 Å². The van der Waals surface area contributed by atoms with Crippen LogP contribution in [0.1, 0.15) is 47.2 Å². The molecule has 4 rings (SSSR count). The van der Waals surface area contributed by atoms with E-state index in [4.69, 9.17) is 0 Å². The molecule has 3 unspecified atom stereocenters. The minimum absolute atomic E-state index is 0.128. The Labute approximate surface area is 160 Å². The fourth-order valence-corrected chi connectivity index (χ4v) is 4.59. The zero-order valence-corrected chi connectivity index (χ0v) is 16.4. The van der Waals surface area contributed by atoms with E-state index in [1.165, 1.54) is 11.3 Å².